The van der Waals surface area contributed by atoms with Gasteiger partial charge in [-0.15, -0.1) is 5.10 Å². The summed E-state index contributed by atoms with van der Waals surface area (Å²) in [7, 11) is 0. The Balaban J connectivity index is 1.64. The topological polar surface area (TPSA) is 77.3 Å². The normalized spacial score (nSPS) is 19.8. The minimum absolute atomic E-state index is 0.0863. The van der Waals surface area contributed by atoms with Crippen LogP contribution in [0.15, 0.2) is 24.3 Å². The third-order valence-corrected chi connectivity index (χ3v) is 4.80. The SMILES string of the molecule is Cc1nn(-c2cccc(Cl)c2)nc1C(=O)OCC(=O)N1C[C@H](C)C[C@@H](C)C1. The zero-order chi connectivity index (χ0) is 19.6. The number of nitrogens with zero attached hydrogens (tertiary/aromatic N) is 4. The lowest BCUT2D eigenvalue weighted by atomic mass is 9.92. The number of carbonyl (C=O) groups is 2. The Morgan fingerprint density at radius 2 is 1.93 bits per heavy atom. The highest BCUT2D eigenvalue weighted by molar-refractivity contribution is 6.30. The number of hydrogen-bond acceptors (Lipinski definition) is 5. The zero-order valence-electron chi connectivity index (χ0n) is 15.7. The molecule has 7 nitrogen and oxygen atoms in total. The third-order valence-electron chi connectivity index (χ3n) is 4.56. The molecule has 1 aliphatic rings. The van der Waals surface area contributed by atoms with Gasteiger partial charge in [0.15, 0.2) is 12.3 Å². The second-order valence-electron chi connectivity index (χ2n) is 7.22. The summed E-state index contributed by atoms with van der Waals surface area (Å²) in [6.45, 7) is 7.02. The van der Waals surface area contributed by atoms with E-state index in [1.54, 1.807) is 36.1 Å². The van der Waals surface area contributed by atoms with E-state index in [0.717, 1.165) is 6.42 Å². The number of halogens is 1. The van der Waals surface area contributed by atoms with E-state index in [-0.39, 0.29) is 18.2 Å². The molecule has 0 N–H and O–H groups in total. The maximum Gasteiger partial charge on any atom is 0.361 e. The molecule has 1 aromatic heterocycles. The van der Waals surface area contributed by atoms with Crippen LogP contribution in [-0.2, 0) is 9.53 Å². The largest absolute Gasteiger partial charge is 0.451 e. The standard InChI is InChI=1S/C19H23ClN4O3/c1-12-7-13(2)10-23(9-12)17(25)11-27-19(26)18-14(3)21-24(22-18)16-6-4-5-15(20)8-16/h4-6,8,12-13H,7,9-11H2,1-3H3/t12-,13-/m1/s1. The van der Waals surface area contributed by atoms with Crippen LogP contribution in [0.4, 0.5) is 0 Å². The first-order valence-electron chi connectivity index (χ1n) is 8.98. The van der Waals surface area contributed by atoms with Crippen LogP contribution in [0.1, 0.15) is 36.5 Å². The number of hydrogen-bond donors (Lipinski definition) is 0. The molecule has 2 heterocycles. The zero-order valence-corrected chi connectivity index (χ0v) is 16.4. The summed E-state index contributed by atoms with van der Waals surface area (Å²) in [4.78, 5) is 27.8. The van der Waals surface area contributed by atoms with Gasteiger partial charge in [-0.2, -0.15) is 9.90 Å². The van der Waals surface area contributed by atoms with Crippen LogP contribution in [0.2, 0.25) is 5.02 Å². The minimum Gasteiger partial charge on any atom is -0.451 e. The molecular formula is C19H23ClN4O3. The number of amides is 1. The fraction of sp³-hybridized carbons (Fsp3) is 0.474. The van der Waals surface area contributed by atoms with Crippen molar-refractivity contribution in [1.29, 1.82) is 0 Å². The van der Waals surface area contributed by atoms with Gasteiger partial charge in [0, 0.05) is 18.1 Å². The number of rotatable bonds is 4. The predicted octanol–water partition coefficient (Wildman–Crippen LogP) is 2.89. The van der Waals surface area contributed by atoms with Crippen molar-refractivity contribution in [3.63, 3.8) is 0 Å². The van der Waals surface area contributed by atoms with Gasteiger partial charge in [0.25, 0.3) is 5.91 Å². The Labute approximate surface area is 163 Å². The lowest BCUT2D eigenvalue weighted by Gasteiger charge is -2.34. The van der Waals surface area contributed by atoms with Crippen molar-refractivity contribution in [3.05, 3.63) is 40.7 Å². The lowest BCUT2D eigenvalue weighted by Crippen LogP contribution is -2.44. The number of aryl methyl sites for hydroxylation is 1. The van der Waals surface area contributed by atoms with Gasteiger partial charge in [-0.1, -0.05) is 31.5 Å². The number of aromatic nitrogens is 3. The van der Waals surface area contributed by atoms with E-state index in [1.807, 2.05) is 0 Å². The maximum absolute atomic E-state index is 12.4. The molecule has 0 bridgehead atoms. The molecule has 1 fully saturated rings. The van der Waals surface area contributed by atoms with Gasteiger partial charge >= 0.3 is 5.97 Å². The summed E-state index contributed by atoms with van der Waals surface area (Å²) in [5.41, 5.74) is 1.15. The molecule has 2 atom stereocenters. The van der Waals surface area contributed by atoms with Crippen LogP contribution >= 0.6 is 11.6 Å². The molecule has 0 aliphatic carbocycles. The summed E-state index contributed by atoms with van der Waals surface area (Å²) in [6.07, 6.45) is 1.11. The first-order chi connectivity index (χ1) is 12.8. The van der Waals surface area contributed by atoms with Crippen molar-refractivity contribution < 1.29 is 14.3 Å². The molecule has 0 radical (unpaired) electrons. The molecule has 3 rings (SSSR count). The molecule has 0 saturated carbocycles. The Morgan fingerprint density at radius 3 is 2.59 bits per heavy atom. The number of benzene rings is 1. The van der Waals surface area contributed by atoms with E-state index in [4.69, 9.17) is 16.3 Å². The van der Waals surface area contributed by atoms with Crippen LogP contribution in [0.3, 0.4) is 0 Å². The van der Waals surface area contributed by atoms with E-state index in [1.165, 1.54) is 4.80 Å². The number of likely N-dealkylation sites (tertiary alicyclic amines) is 1. The average Bonchev–Trinajstić information content (AvgIpc) is 3.00. The molecule has 8 heteroatoms. The Kier molecular flexibility index (Phi) is 5.79. The Hall–Kier alpha value is -2.41. The minimum atomic E-state index is -0.660. The van der Waals surface area contributed by atoms with Gasteiger partial charge in [-0.25, -0.2) is 4.79 Å². The summed E-state index contributed by atoms with van der Waals surface area (Å²) in [5.74, 6) is 0.0651. The van der Waals surface area contributed by atoms with Crippen molar-refractivity contribution in [2.24, 2.45) is 11.8 Å². The van der Waals surface area contributed by atoms with E-state index in [2.05, 4.69) is 24.0 Å². The van der Waals surface area contributed by atoms with E-state index < -0.39 is 5.97 Å². The Morgan fingerprint density at radius 1 is 1.22 bits per heavy atom. The molecule has 1 aromatic carbocycles. The van der Waals surface area contributed by atoms with Crippen LogP contribution < -0.4 is 0 Å². The lowest BCUT2D eigenvalue weighted by molar-refractivity contribution is -0.137. The average molecular weight is 391 g/mol. The van der Waals surface area contributed by atoms with Gasteiger partial charge < -0.3 is 9.64 Å². The predicted molar refractivity (Wildman–Crippen MR) is 101 cm³/mol. The summed E-state index contributed by atoms with van der Waals surface area (Å²) in [5, 5.41) is 8.96. The van der Waals surface area contributed by atoms with Crippen molar-refractivity contribution in [1.82, 2.24) is 19.9 Å². The van der Waals surface area contributed by atoms with Gasteiger partial charge in [-0.05, 0) is 43.4 Å². The summed E-state index contributed by atoms with van der Waals surface area (Å²) < 4.78 is 5.20. The van der Waals surface area contributed by atoms with Gasteiger partial charge in [0.1, 0.15) is 0 Å². The van der Waals surface area contributed by atoms with Gasteiger partial charge in [0.2, 0.25) is 0 Å². The second-order valence-corrected chi connectivity index (χ2v) is 7.66. The molecule has 1 aliphatic heterocycles. The smallest absolute Gasteiger partial charge is 0.361 e. The van der Waals surface area contributed by atoms with Crippen molar-refractivity contribution in [2.45, 2.75) is 27.2 Å². The monoisotopic (exact) mass is 390 g/mol. The third kappa shape index (κ3) is 4.66. The molecule has 27 heavy (non-hydrogen) atoms. The molecule has 2 aromatic rings. The number of esters is 1. The van der Waals surface area contributed by atoms with Crippen LogP contribution in [-0.4, -0.2) is 51.5 Å². The highest BCUT2D eigenvalue weighted by Crippen LogP contribution is 2.21. The summed E-state index contributed by atoms with van der Waals surface area (Å²) >= 11 is 5.98. The first kappa shape index (κ1) is 19.4. The highest BCUT2D eigenvalue weighted by atomic mass is 35.5. The molecule has 1 amide bonds. The quantitative estimate of drug-likeness (QED) is 0.750. The van der Waals surface area contributed by atoms with Crippen LogP contribution in [0, 0.1) is 18.8 Å². The van der Waals surface area contributed by atoms with Crippen molar-refractivity contribution in [2.75, 3.05) is 19.7 Å². The summed E-state index contributed by atoms with van der Waals surface area (Å²) in [6, 6.07) is 6.99. The van der Waals surface area contributed by atoms with E-state index in [0.29, 0.717) is 41.3 Å². The Bertz CT molecular complexity index is 841. The molecule has 0 spiro atoms. The maximum atomic E-state index is 12.4. The van der Waals surface area contributed by atoms with Crippen molar-refractivity contribution in [3.8, 4) is 5.69 Å². The number of carbonyl (C=O) groups excluding carboxylic acids is 2. The fourth-order valence-corrected chi connectivity index (χ4v) is 3.62. The molecular weight excluding hydrogens is 368 g/mol. The van der Waals surface area contributed by atoms with Gasteiger partial charge in [0.05, 0.1) is 11.4 Å². The van der Waals surface area contributed by atoms with Gasteiger partial charge in [-0.3, -0.25) is 4.79 Å². The molecule has 1 saturated heterocycles. The van der Waals surface area contributed by atoms with Crippen LogP contribution in [0.5, 0.6) is 0 Å². The van der Waals surface area contributed by atoms with E-state index >= 15 is 0 Å². The van der Waals surface area contributed by atoms with Crippen LogP contribution in [0.25, 0.3) is 5.69 Å². The van der Waals surface area contributed by atoms with E-state index in [9.17, 15) is 9.59 Å². The number of piperidine rings is 1. The molecule has 144 valence electrons. The second kappa shape index (κ2) is 8.08. The van der Waals surface area contributed by atoms with Crippen molar-refractivity contribution >= 4 is 23.5 Å². The molecule has 0 unspecified atom stereocenters. The number of ether oxygens (including phenoxy) is 1. The first-order valence-corrected chi connectivity index (χ1v) is 9.36. The fourth-order valence-electron chi connectivity index (χ4n) is 3.44. The highest BCUT2D eigenvalue weighted by Gasteiger charge is 2.27.